The number of hydrogen-bond acceptors (Lipinski definition) is 2. The topological polar surface area (TPSA) is 52.0 Å². The van der Waals surface area contributed by atoms with Crippen molar-refractivity contribution in [3.63, 3.8) is 0 Å². The molecular formula is C13H14N2. The van der Waals surface area contributed by atoms with Gasteiger partial charge in [-0.1, -0.05) is 35.9 Å². The first-order valence-electron chi connectivity index (χ1n) is 4.89. The summed E-state index contributed by atoms with van der Waals surface area (Å²) in [6, 6.07) is 13.8. The lowest BCUT2D eigenvalue weighted by Gasteiger charge is -2.09. The summed E-state index contributed by atoms with van der Waals surface area (Å²) in [7, 11) is 0. The van der Waals surface area contributed by atoms with Gasteiger partial charge in [0.05, 0.1) is 0 Å². The van der Waals surface area contributed by atoms with E-state index in [4.69, 9.17) is 11.5 Å². The average Bonchev–Trinajstić information content (AvgIpc) is 2.17. The van der Waals surface area contributed by atoms with Gasteiger partial charge < -0.3 is 11.5 Å². The smallest absolute Gasteiger partial charge is 0.0414 e. The molecule has 0 heterocycles. The molecule has 15 heavy (non-hydrogen) atoms. The standard InChI is InChI=1S/C13H14N2/c1-9-4-2-5-10(8-9)13-11(14)6-3-7-12(13)15/h2-8H,14-15H2,1H3. The number of benzene rings is 2. The lowest BCUT2D eigenvalue weighted by atomic mass is 10.0. The zero-order chi connectivity index (χ0) is 10.8. The highest BCUT2D eigenvalue weighted by Crippen LogP contribution is 2.31. The molecular weight excluding hydrogens is 184 g/mol. The maximum atomic E-state index is 5.92. The Morgan fingerprint density at radius 3 is 2.07 bits per heavy atom. The van der Waals surface area contributed by atoms with Crippen molar-refractivity contribution in [3.8, 4) is 11.1 Å². The number of anilines is 2. The van der Waals surface area contributed by atoms with E-state index < -0.39 is 0 Å². The Balaban J connectivity index is 2.63. The van der Waals surface area contributed by atoms with Crippen molar-refractivity contribution < 1.29 is 0 Å². The van der Waals surface area contributed by atoms with Gasteiger partial charge in [-0.2, -0.15) is 0 Å². The monoisotopic (exact) mass is 198 g/mol. The fourth-order valence-electron chi connectivity index (χ4n) is 1.72. The Morgan fingerprint density at radius 1 is 0.867 bits per heavy atom. The van der Waals surface area contributed by atoms with Gasteiger partial charge in [-0.05, 0) is 24.6 Å². The molecule has 0 unspecified atom stereocenters. The van der Waals surface area contributed by atoms with E-state index in [1.165, 1.54) is 5.56 Å². The molecule has 0 aliphatic carbocycles. The quantitative estimate of drug-likeness (QED) is 0.692. The molecule has 0 aliphatic rings. The van der Waals surface area contributed by atoms with Gasteiger partial charge in [0.2, 0.25) is 0 Å². The van der Waals surface area contributed by atoms with Gasteiger partial charge in [0, 0.05) is 16.9 Å². The first kappa shape index (κ1) is 9.59. The Hall–Kier alpha value is -1.96. The largest absolute Gasteiger partial charge is 0.398 e. The van der Waals surface area contributed by atoms with Crippen molar-refractivity contribution in [2.45, 2.75) is 6.92 Å². The molecule has 0 saturated heterocycles. The lowest BCUT2D eigenvalue weighted by Crippen LogP contribution is -1.95. The highest BCUT2D eigenvalue weighted by atomic mass is 14.6. The van der Waals surface area contributed by atoms with E-state index in [0.29, 0.717) is 0 Å². The van der Waals surface area contributed by atoms with Crippen molar-refractivity contribution >= 4 is 11.4 Å². The Labute approximate surface area is 89.5 Å². The van der Waals surface area contributed by atoms with Crippen molar-refractivity contribution in [3.05, 3.63) is 48.0 Å². The molecule has 0 fully saturated rings. The minimum absolute atomic E-state index is 0.723. The number of rotatable bonds is 1. The van der Waals surface area contributed by atoms with Crippen molar-refractivity contribution in [2.75, 3.05) is 11.5 Å². The zero-order valence-corrected chi connectivity index (χ0v) is 8.70. The number of aryl methyl sites for hydroxylation is 1. The van der Waals surface area contributed by atoms with Crippen LogP contribution in [0.15, 0.2) is 42.5 Å². The van der Waals surface area contributed by atoms with Crippen LogP contribution >= 0.6 is 0 Å². The average molecular weight is 198 g/mol. The Morgan fingerprint density at radius 2 is 1.47 bits per heavy atom. The van der Waals surface area contributed by atoms with Crippen LogP contribution in [0, 0.1) is 6.92 Å². The first-order chi connectivity index (χ1) is 7.18. The van der Waals surface area contributed by atoms with Crippen LogP contribution in [0.5, 0.6) is 0 Å². The second-order valence-corrected chi connectivity index (χ2v) is 3.68. The van der Waals surface area contributed by atoms with Crippen LogP contribution in [0.3, 0.4) is 0 Å². The summed E-state index contributed by atoms with van der Waals surface area (Å²) in [6.07, 6.45) is 0. The Kier molecular flexibility index (Phi) is 2.34. The highest BCUT2D eigenvalue weighted by Gasteiger charge is 2.05. The van der Waals surface area contributed by atoms with Crippen LogP contribution < -0.4 is 11.5 Å². The normalized spacial score (nSPS) is 10.2. The van der Waals surface area contributed by atoms with Crippen LogP contribution in [0.2, 0.25) is 0 Å². The van der Waals surface area contributed by atoms with Gasteiger partial charge in [-0.3, -0.25) is 0 Å². The third-order valence-corrected chi connectivity index (χ3v) is 2.44. The van der Waals surface area contributed by atoms with Crippen molar-refractivity contribution in [1.29, 1.82) is 0 Å². The van der Waals surface area contributed by atoms with Gasteiger partial charge in [0.15, 0.2) is 0 Å². The maximum Gasteiger partial charge on any atom is 0.0414 e. The fourth-order valence-corrected chi connectivity index (χ4v) is 1.72. The van der Waals surface area contributed by atoms with E-state index in [1.807, 2.05) is 30.3 Å². The molecule has 0 atom stereocenters. The molecule has 2 heteroatoms. The summed E-state index contributed by atoms with van der Waals surface area (Å²) in [5.74, 6) is 0. The fraction of sp³-hybridized carbons (Fsp3) is 0.0769. The zero-order valence-electron chi connectivity index (χ0n) is 8.70. The van der Waals surface area contributed by atoms with Crippen molar-refractivity contribution in [2.24, 2.45) is 0 Å². The molecule has 2 rings (SSSR count). The summed E-state index contributed by atoms with van der Waals surface area (Å²) in [4.78, 5) is 0. The first-order valence-corrected chi connectivity index (χ1v) is 4.89. The molecule has 0 bridgehead atoms. The van der Waals surface area contributed by atoms with Crippen LogP contribution in [0.4, 0.5) is 11.4 Å². The predicted molar refractivity (Wildman–Crippen MR) is 65.4 cm³/mol. The van der Waals surface area contributed by atoms with E-state index in [2.05, 4.69) is 19.1 Å². The summed E-state index contributed by atoms with van der Waals surface area (Å²) >= 11 is 0. The summed E-state index contributed by atoms with van der Waals surface area (Å²) in [6.45, 7) is 2.05. The van der Waals surface area contributed by atoms with Crippen LogP contribution in [-0.4, -0.2) is 0 Å². The molecule has 2 nitrogen and oxygen atoms in total. The summed E-state index contributed by atoms with van der Waals surface area (Å²) in [5.41, 5.74) is 16.5. The van der Waals surface area contributed by atoms with E-state index in [1.54, 1.807) is 0 Å². The van der Waals surface area contributed by atoms with Gasteiger partial charge in [0.25, 0.3) is 0 Å². The van der Waals surface area contributed by atoms with Gasteiger partial charge in [-0.15, -0.1) is 0 Å². The second kappa shape index (κ2) is 3.65. The molecule has 0 aliphatic heterocycles. The molecule has 0 saturated carbocycles. The summed E-state index contributed by atoms with van der Waals surface area (Å²) < 4.78 is 0. The number of nitrogens with two attached hydrogens (primary N) is 2. The van der Waals surface area contributed by atoms with E-state index in [0.717, 1.165) is 22.5 Å². The highest BCUT2D eigenvalue weighted by molar-refractivity contribution is 5.86. The molecule has 0 amide bonds. The third-order valence-electron chi connectivity index (χ3n) is 2.44. The molecule has 76 valence electrons. The van der Waals surface area contributed by atoms with Gasteiger partial charge >= 0.3 is 0 Å². The lowest BCUT2D eigenvalue weighted by molar-refractivity contribution is 1.47. The van der Waals surface area contributed by atoms with Gasteiger partial charge in [0.1, 0.15) is 0 Å². The second-order valence-electron chi connectivity index (χ2n) is 3.68. The molecule has 2 aromatic carbocycles. The number of hydrogen-bond donors (Lipinski definition) is 2. The van der Waals surface area contributed by atoms with E-state index in [-0.39, 0.29) is 0 Å². The van der Waals surface area contributed by atoms with E-state index >= 15 is 0 Å². The molecule has 0 aromatic heterocycles. The predicted octanol–water partition coefficient (Wildman–Crippen LogP) is 2.83. The minimum atomic E-state index is 0.723. The van der Waals surface area contributed by atoms with Crippen LogP contribution in [0.25, 0.3) is 11.1 Å². The number of nitrogen functional groups attached to an aromatic ring is 2. The Bertz CT molecular complexity index is 469. The minimum Gasteiger partial charge on any atom is -0.398 e. The van der Waals surface area contributed by atoms with Gasteiger partial charge in [-0.25, -0.2) is 0 Å². The summed E-state index contributed by atoms with van der Waals surface area (Å²) in [5, 5.41) is 0. The molecule has 0 spiro atoms. The van der Waals surface area contributed by atoms with E-state index in [9.17, 15) is 0 Å². The van der Waals surface area contributed by atoms with Crippen LogP contribution in [-0.2, 0) is 0 Å². The van der Waals surface area contributed by atoms with Crippen molar-refractivity contribution in [1.82, 2.24) is 0 Å². The van der Waals surface area contributed by atoms with Crippen LogP contribution in [0.1, 0.15) is 5.56 Å². The maximum absolute atomic E-state index is 5.92. The molecule has 2 aromatic rings. The third kappa shape index (κ3) is 1.79. The SMILES string of the molecule is Cc1cccc(-c2c(N)cccc2N)c1. The molecule has 0 radical (unpaired) electrons. The molecule has 4 N–H and O–H groups in total.